The lowest BCUT2D eigenvalue weighted by Crippen LogP contribution is -1.93. The topological polar surface area (TPSA) is 4.93 Å². The molecule has 0 radical (unpaired) electrons. The molecular weight excluding hydrogens is 374 g/mol. The highest BCUT2D eigenvalue weighted by atomic mass is 15.0. The SMILES string of the molecule is c1ccc(-c2ccc(-c3ccc4c5ccccc5n(-c5ccccc5)c4c3)cc2)cc1. The molecule has 0 atom stereocenters. The van der Waals surface area contributed by atoms with E-state index >= 15 is 0 Å². The Kier molecular flexibility index (Phi) is 4.18. The summed E-state index contributed by atoms with van der Waals surface area (Å²) in [5.41, 5.74) is 8.60. The van der Waals surface area contributed by atoms with Gasteiger partial charge in [-0.2, -0.15) is 0 Å². The minimum absolute atomic E-state index is 1.19. The van der Waals surface area contributed by atoms with Crippen molar-refractivity contribution in [2.45, 2.75) is 0 Å². The van der Waals surface area contributed by atoms with Crippen molar-refractivity contribution in [1.82, 2.24) is 4.57 Å². The second kappa shape index (κ2) is 7.30. The third kappa shape index (κ3) is 3.03. The van der Waals surface area contributed by atoms with E-state index in [-0.39, 0.29) is 0 Å². The molecule has 1 aromatic heterocycles. The van der Waals surface area contributed by atoms with Crippen molar-refractivity contribution in [3.63, 3.8) is 0 Å². The van der Waals surface area contributed by atoms with E-state index in [1.165, 1.54) is 49.7 Å². The molecule has 0 spiro atoms. The van der Waals surface area contributed by atoms with Crippen LogP contribution in [0.2, 0.25) is 0 Å². The number of para-hydroxylation sites is 2. The molecule has 1 nitrogen and oxygen atoms in total. The van der Waals surface area contributed by atoms with Crippen LogP contribution >= 0.6 is 0 Å². The quantitative estimate of drug-likeness (QED) is 0.285. The average molecular weight is 396 g/mol. The average Bonchev–Trinajstić information content (AvgIpc) is 3.19. The largest absolute Gasteiger partial charge is 0.309 e. The number of rotatable bonds is 3. The second-order valence-electron chi connectivity index (χ2n) is 7.86. The van der Waals surface area contributed by atoms with Gasteiger partial charge in [0.1, 0.15) is 0 Å². The minimum Gasteiger partial charge on any atom is -0.309 e. The number of fused-ring (bicyclic) bond motifs is 3. The molecule has 146 valence electrons. The van der Waals surface area contributed by atoms with Gasteiger partial charge in [-0.1, -0.05) is 103 Å². The van der Waals surface area contributed by atoms with Crippen LogP contribution < -0.4 is 0 Å². The normalized spacial score (nSPS) is 11.2. The molecule has 0 aliphatic carbocycles. The van der Waals surface area contributed by atoms with Crippen LogP contribution in [0.1, 0.15) is 0 Å². The fraction of sp³-hybridized carbons (Fsp3) is 0. The number of nitrogens with zero attached hydrogens (tertiary/aromatic N) is 1. The van der Waals surface area contributed by atoms with E-state index in [0.29, 0.717) is 0 Å². The van der Waals surface area contributed by atoms with Crippen LogP contribution in [0.3, 0.4) is 0 Å². The molecule has 0 N–H and O–H groups in total. The number of hydrogen-bond acceptors (Lipinski definition) is 0. The molecule has 6 aromatic rings. The highest BCUT2D eigenvalue weighted by molar-refractivity contribution is 6.10. The predicted octanol–water partition coefficient (Wildman–Crippen LogP) is 8.12. The Morgan fingerprint density at radius 2 is 0.871 bits per heavy atom. The lowest BCUT2D eigenvalue weighted by Gasteiger charge is -2.09. The predicted molar refractivity (Wildman–Crippen MR) is 132 cm³/mol. The van der Waals surface area contributed by atoms with Gasteiger partial charge in [0.25, 0.3) is 0 Å². The van der Waals surface area contributed by atoms with Gasteiger partial charge < -0.3 is 4.57 Å². The van der Waals surface area contributed by atoms with Gasteiger partial charge in [-0.25, -0.2) is 0 Å². The van der Waals surface area contributed by atoms with Gasteiger partial charge in [0.15, 0.2) is 0 Å². The van der Waals surface area contributed by atoms with Gasteiger partial charge in [-0.15, -0.1) is 0 Å². The Hall–Kier alpha value is -4.10. The van der Waals surface area contributed by atoms with Crippen molar-refractivity contribution in [1.29, 1.82) is 0 Å². The molecule has 5 aromatic carbocycles. The molecule has 0 aliphatic heterocycles. The van der Waals surface area contributed by atoms with Crippen LogP contribution in [0.4, 0.5) is 0 Å². The fourth-order valence-electron chi connectivity index (χ4n) is 4.49. The molecule has 0 saturated carbocycles. The maximum Gasteiger partial charge on any atom is 0.0547 e. The molecule has 1 heteroatoms. The maximum absolute atomic E-state index is 2.37. The summed E-state index contributed by atoms with van der Waals surface area (Å²) < 4.78 is 2.37. The minimum atomic E-state index is 1.19. The lowest BCUT2D eigenvalue weighted by atomic mass is 9.99. The van der Waals surface area contributed by atoms with E-state index in [2.05, 4.69) is 132 Å². The van der Waals surface area contributed by atoms with Crippen molar-refractivity contribution in [3.05, 3.63) is 127 Å². The summed E-state index contributed by atoms with van der Waals surface area (Å²) >= 11 is 0. The summed E-state index contributed by atoms with van der Waals surface area (Å²) in [5.74, 6) is 0. The summed E-state index contributed by atoms with van der Waals surface area (Å²) in [6, 6.07) is 45.5. The van der Waals surface area contributed by atoms with E-state index < -0.39 is 0 Å². The van der Waals surface area contributed by atoms with Crippen LogP contribution in [-0.2, 0) is 0 Å². The Morgan fingerprint density at radius 1 is 0.355 bits per heavy atom. The summed E-state index contributed by atoms with van der Waals surface area (Å²) in [4.78, 5) is 0. The van der Waals surface area contributed by atoms with Gasteiger partial charge in [-0.3, -0.25) is 0 Å². The van der Waals surface area contributed by atoms with Crippen molar-refractivity contribution in [2.75, 3.05) is 0 Å². The zero-order chi connectivity index (χ0) is 20.6. The summed E-state index contributed by atoms with van der Waals surface area (Å²) in [7, 11) is 0. The molecule has 0 fully saturated rings. The zero-order valence-electron chi connectivity index (χ0n) is 17.1. The molecule has 1 heterocycles. The molecular formula is C30H21N. The highest BCUT2D eigenvalue weighted by Crippen LogP contribution is 2.35. The smallest absolute Gasteiger partial charge is 0.0547 e. The lowest BCUT2D eigenvalue weighted by molar-refractivity contribution is 1.18. The van der Waals surface area contributed by atoms with E-state index in [0.717, 1.165) is 0 Å². The molecule has 0 aliphatic rings. The Bertz CT molecular complexity index is 1490. The Balaban J connectivity index is 1.52. The van der Waals surface area contributed by atoms with Crippen molar-refractivity contribution >= 4 is 21.8 Å². The standard InChI is InChI=1S/C30H21N/c1-3-9-22(10-4-1)23-15-17-24(18-16-23)25-19-20-28-27-13-7-8-14-29(27)31(30(28)21-25)26-11-5-2-6-12-26/h1-21H. The summed E-state index contributed by atoms with van der Waals surface area (Å²) in [6.07, 6.45) is 0. The van der Waals surface area contributed by atoms with Crippen LogP contribution in [0, 0.1) is 0 Å². The van der Waals surface area contributed by atoms with Crippen molar-refractivity contribution in [2.24, 2.45) is 0 Å². The van der Waals surface area contributed by atoms with E-state index in [1.807, 2.05) is 0 Å². The van der Waals surface area contributed by atoms with E-state index in [1.54, 1.807) is 0 Å². The first-order valence-electron chi connectivity index (χ1n) is 10.6. The second-order valence-corrected chi connectivity index (χ2v) is 7.86. The molecule has 0 bridgehead atoms. The van der Waals surface area contributed by atoms with Gasteiger partial charge >= 0.3 is 0 Å². The highest BCUT2D eigenvalue weighted by Gasteiger charge is 2.12. The van der Waals surface area contributed by atoms with Crippen LogP contribution in [-0.4, -0.2) is 4.57 Å². The first kappa shape index (κ1) is 17.7. The third-order valence-electron chi connectivity index (χ3n) is 6.01. The summed E-state index contributed by atoms with van der Waals surface area (Å²) in [6.45, 7) is 0. The van der Waals surface area contributed by atoms with Crippen LogP contribution in [0.25, 0.3) is 49.7 Å². The van der Waals surface area contributed by atoms with Crippen molar-refractivity contribution in [3.8, 4) is 27.9 Å². The summed E-state index contributed by atoms with van der Waals surface area (Å²) in [5, 5.41) is 2.57. The molecule has 6 rings (SSSR count). The van der Waals surface area contributed by atoms with Gasteiger partial charge in [0, 0.05) is 16.5 Å². The molecule has 0 saturated heterocycles. The van der Waals surface area contributed by atoms with Gasteiger partial charge in [0.2, 0.25) is 0 Å². The van der Waals surface area contributed by atoms with Gasteiger partial charge in [-0.05, 0) is 46.5 Å². The third-order valence-corrected chi connectivity index (χ3v) is 6.01. The molecule has 31 heavy (non-hydrogen) atoms. The number of hydrogen-bond donors (Lipinski definition) is 0. The first-order valence-corrected chi connectivity index (χ1v) is 10.6. The maximum atomic E-state index is 2.37. The molecule has 0 amide bonds. The fourth-order valence-corrected chi connectivity index (χ4v) is 4.49. The van der Waals surface area contributed by atoms with Crippen LogP contribution in [0.5, 0.6) is 0 Å². The van der Waals surface area contributed by atoms with E-state index in [4.69, 9.17) is 0 Å². The molecule has 0 unspecified atom stereocenters. The monoisotopic (exact) mass is 395 g/mol. The zero-order valence-corrected chi connectivity index (χ0v) is 17.1. The van der Waals surface area contributed by atoms with Crippen LogP contribution in [0.15, 0.2) is 127 Å². The number of benzene rings is 5. The Labute approximate surface area is 181 Å². The Morgan fingerprint density at radius 3 is 1.61 bits per heavy atom. The first-order chi connectivity index (χ1) is 15.4. The number of aromatic nitrogens is 1. The van der Waals surface area contributed by atoms with Gasteiger partial charge in [0.05, 0.1) is 11.0 Å². The van der Waals surface area contributed by atoms with E-state index in [9.17, 15) is 0 Å². The van der Waals surface area contributed by atoms with Crippen molar-refractivity contribution < 1.29 is 0 Å².